The molecule has 6 heteroatoms. The van der Waals surface area contributed by atoms with Gasteiger partial charge in [-0.3, -0.25) is 4.79 Å². The molecule has 1 aliphatic heterocycles. The third kappa shape index (κ3) is 1.92. The van der Waals surface area contributed by atoms with Gasteiger partial charge in [-0.1, -0.05) is 12.1 Å². The molecule has 0 aromatic heterocycles. The Balaban J connectivity index is 0.00000112. The van der Waals surface area contributed by atoms with Crippen molar-refractivity contribution in [2.75, 3.05) is 0 Å². The number of hydrogen-bond donors (Lipinski definition) is 1. The minimum Gasteiger partial charge on any atom is -0.348 e. The molecule has 1 aromatic rings. The maximum atomic E-state index is 12.4. The van der Waals surface area contributed by atoms with Crippen molar-refractivity contribution < 1.29 is 18.0 Å². The van der Waals surface area contributed by atoms with Crippen molar-refractivity contribution in [2.24, 2.45) is 0 Å². The molecule has 0 spiro atoms. The Morgan fingerprint density at radius 2 is 1.93 bits per heavy atom. The Hall–Kier alpha value is -1.23. The Bertz CT molecular complexity index is 403. The molecule has 1 amide bonds. The number of fused-ring (bicyclic) bond motifs is 1. The molecule has 0 saturated heterocycles. The van der Waals surface area contributed by atoms with Gasteiger partial charge in [0, 0.05) is 6.54 Å². The molecule has 0 aliphatic carbocycles. The van der Waals surface area contributed by atoms with Gasteiger partial charge in [-0.2, -0.15) is 13.2 Å². The van der Waals surface area contributed by atoms with E-state index >= 15 is 0 Å². The summed E-state index contributed by atoms with van der Waals surface area (Å²) in [5.74, 6) is -0.645. The number of benzene rings is 1. The smallest absolute Gasteiger partial charge is 0.348 e. The molecule has 0 saturated carbocycles. The van der Waals surface area contributed by atoms with Crippen LogP contribution in [-0.4, -0.2) is 5.91 Å². The lowest BCUT2D eigenvalue weighted by Gasteiger charge is -2.09. The lowest BCUT2D eigenvalue weighted by molar-refractivity contribution is -0.137. The van der Waals surface area contributed by atoms with Crippen molar-refractivity contribution in [1.82, 2.24) is 5.32 Å². The molecule has 0 radical (unpaired) electrons. The highest BCUT2D eigenvalue weighted by Crippen LogP contribution is 2.34. The molecule has 15 heavy (non-hydrogen) atoms. The molecule has 1 aromatic carbocycles. The Morgan fingerprint density at radius 1 is 1.27 bits per heavy atom. The maximum Gasteiger partial charge on any atom is 0.417 e. The van der Waals surface area contributed by atoms with Crippen molar-refractivity contribution in [3.8, 4) is 0 Å². The quantitative estimate of drug-likeness (QED) is 0.738. The van der Waals surface area contributed by atoms with Crippen LogP contribution in [0.5, 0.6) is 0 Å². The van der Waals surface area contributed by atoms with Gasteiger partial charge in [-0.25, -0.2) is 0 Å². The lowest BCUT2D eigenvalue weighted by Crippen LogP contribution is -2.17. The van der Waals surface area contributed by atoms with E-state index in [1.807, 2.05) is 0 Å². The summed E-state index contributed by atoms with van der Waals surface area (Å²) in [4.78, 5) is 11.1. The van der Waals surface area contributed by atoms with E-state index in [-0.39, 0.29) is 24.5 Å². The van der Waals surface area contributed by atoms with Crippen molar-refractivity contribution >= 4 is 18.3 Å². The molecular formula is C9H7ClF3NO. The predicted octanol–water partition coefficient (Wildman–Crippen LogP) is 2.37. The monoisotopic (exact) mass is 237 g/mol. The number of nitrogens with one attached hydrogen (secondary N) is 1. The zero-order valence-electron chi connectivity index (χ0n) is 7.39. The Labute approximate surface area is 89.9 Å². The van der Waals surface area contributed by atoms with Crippen LogP contribution in [-0.2, 0) is 12.7 Å². The van der Waals surface area contributed by atoms with Crippen LogP contribution >= 0.6 is 12.4 Å². The van der Waals surface area contributed by atoms with Crippen LogP contribution in [0.3, 0.4) is 0 Å². The highest BCUT2D eigenvalue weighted by molar-refractivity contribution is 5.99. The van der Waals surface area contributed by atoms with Crippen molar-refractivity contribution in [3.05, 3.63) is 34.9 Å². The number of hydrogen-bond acceptors (Lipinski definition) is 1. The number of alkyl halides is 3. The summed E-state index contributed by atoms with van der Waals surface area (Å²) in [6.45, 7) is 0.179. The van der Waals surface area contributed by atoms with Crippen LogP contribution in [0, 0.1) is 0 Å². The number of amides is 1. The predicted molar refractivity (Wildman–Crippen MR) is 49.9 cm³/mol. The van der Waals surface area contributed by atoms with E-state index in [1.165, 1.54) is 12.1 Å². The SMILES string of the molecule is Cl.O=C1NCc2cccc(C(F)(F)F)c21. The van der Waals surface area contributed by atoms with E-state index in [1.54, 1.807) is 0 Å². The number of carbonyl (C=O) groups excluding carboxylic acids is 1. The standard InChI is InChI=1S/C9H6F3NO.ClH/c10-9(11,12)6-3-1-2-5-4-13-8(14)7(5)6;/h1-3H,4H2,(H,13,14);1H. The highest BCUT2D eigenvalue weighted by Gasteiger charge is 2.37. The van der Waals surface area contributed by atoms with E-state index in [9.17, 15) is 18.0 Å². The third-order valence-corrected chi connectivity index (χ3v) is 2.12. The second kappa shape index (κ2) is 3.73. The first-order valence-electron chi connectivity index (χ1n) is 3.97. The summed E-state index contributed by atoms with van der Waals surface area (Å²) in [5, 5.41) is 2.36. The minimum absolute atomic E-state index is 0. The fourth-order valence-electron chi connectivity index (χ4n) is 1.52. The zero-order valence-corrected chi connectivity index (χ0v) is 8.21. The van der Waals surface area contributed by atoms with E-state index in [0.717, 1.165) is 6.07 Å². The molecule has 0 fully saturated rings. The number of carbonyl (C=O) groups is 1. The molecule has 0 unspecified atom stereocenters. The van der Waals surface area contributed by atoms with Gasteiger partial charge < -0.3 is 5.32 Å². The molecule has 1 N–H and O–H groups in total. The summed E-state index contributed by atoms with van der Waals surface area (Å²) in [6.07, 6.45) is -4.47. The zero-order chi connectivity index (χ0) is 10.3. The summed E-state index contributed by atoms with van der Waals surface area (Å²) < 4.78 is 37.3. The van der Waals surface area contributed by atoms with Crippen LogP contribution < -0.4 is 5.32 Å². The van der Waals surface area contributed by atoms with Crippen molar-refractivity contribution in [2.45, 2.75) is 12.7 Å². The van der Waals surface area contributed by atoms with Gasteiger partial charge >= 0.3 is 6.18 Å². The largest absolute Gasteiger partial charge is 0.417 e. The summed E-state index contributed by atoms with van der Waals surface area (Å²) in [6, 6.07) is 3.74. The first-order chi connectivity index (χ1) is 6.50. The second-order valence-corrected chi connectivity index (χ2v) is 3.02. The van der Waals surface area contributed by atoms with Gasteiger partial charge in [0.2, 0.25) is 0 Å². The van der Waals surface area contributed by atoms with E-state index in [4.69, 9.17) is 0 Å². The van der Waals surface area contributed by atoms with Crippen molar-refractivity contribution in [3.63, 3.8) is 0 Å². The van der Waals surface area contributed by atoms with Crippen LogP contribution in [0.2, 0.25) is 0 Å². The Kier molecular flexibility index (Phi) is 2.95. The van der Waals surface area contributed by atoms with Gasteiger partial charge in [-0.05, 0) is 11.6 Å². The highest BCUT2D eigenvalue weighted by atomic mass is 35.5. The van der Waals surface area contributed by atoms with E-state index < -0.39 is 17.6 Å². The van der Waals surface area contributed by atoms with Gasteiger partial charge in [0.15, 0.2) is 0 Å². The summed E-state index contributed by atoms with van der Waals surface area (Å²) >= 11 is 0. The van der Waals surface area contributed by atoms with E-state index in [0.29, 0.717) is 5.56 Å². The molecule has 2 rings (SSSR count). The molecular weight excluding hydrogens is 231 g/mol. The lowest BCUT2D eigenvalue weighted by atomic mass is 10.0. The first-order valence-corrected chi connectivity index (χ1v) is 3.97. The Morgan fingerprint density at radius 3 is 2.53 bits per heavy atom. The van der Waals surface area contributed by atoms with Crippen LogP contribution in [0.15, 0.2) is 18.2 Å². The maximum absolute atomic E-state index is 12.4. The number of halogens is 4. The molecule has 82 valence electrons. The first kappa shape index (κ1) is 11.8. The normalized spacial score (nSPS) is 14.2. The second-order valence-electron chi connectivity index (χ2n) is 3.02. The van der Waals surface area contributed by atoms with Gasteiger partial charge in [0.25, 0.3) is 5.91 Å². The fourth-order valence-corrected chi connectivity index (χ4v) is 1.52. The van der Waals surface area contributed by atoms with E-state index in [2.05, 4.69) is 5.32 Å². The van der Waals surface area contributed by atoms with Crippen LogP contribution in [0.1, 0.15) is 21.5 Å². The minimum atomic E-state index is -4.47. The summed E-state index contributed by atoms with van der Waals surface area (Å²) in [7, 11) is 0. The third-order valence-electron chi connectivity index (χ3n) is 2.12. The molecule has 1 heterocycles. The molecule has 0 atom stereocenters. The molecule has 0 bridgehead atoms. The molecule has 2 nitrogen and oxygen atoms in total. The van der Waals surface area contributed by atoms with Crippen LogP contribution in [0.25, 0.3) is 0 Å². The van der Waals surface area contributed by atoms with Gasteiger partial charge in [-0.15, -0.1) is 12.4 Å². The van der Waals surface area contributed by atoms with Gasteiger partial charge in [0.05, 0.1) is 11.1 Å². The van der Waals surface area contributed by atoms with Crippen LogP contribution in [0.4, 0.5) is 13.2 Å². The topological polar surface area (TPSA) is 29.1 Å². The average Bonchev–Trinajstić information content (AvgIpc) is 2.46. The number of rotatable bonds is 0. The molecule has 1 aliphatic rings. The fraction of sp³-hybridized carbons (Fsp3) is 0.222. The van der Waals surface area contributed by atoms with Crippen molar-refractivity contribution in [1.29, 1.82) is 0 Å². The van der Waals surface area contributed by atoms with Gasteiger partial charge in [0.1, 0.15) is 0 Å². The summed E-state index contributed by atoms with van der Waals surface area (Å²) in [5.41, 5.74) is -0.685. The average molecular weight is 238 g/mol.